The Morgan fingerprint density at radius 3 is 2.17 bits per heavy atom. The highest BCUT2D eigenvalue weighted by atomic mass is 35.5. The number of anilines is 1. The lowest BCUT2D eigenvalue weighted by molar-refractivity contribution is 0.894. The molecule has 1 N–H and O–H groups in total. The van der Waals surface area contributed by atoms with Gasteiger partial charge in [-0.1, -0.05) is 23.2 Å². The zero-order chi connectivity index (χ0) is 9.14. The van der Waals surface area contributed by atoms with Gasteiger partial charge in [-0.05, 0) is 13.8 Å². The fourth-order valence-electron chi connectivity index (χ4n) is 0.752. The van der Waals surface area contributed by atoms with Gasteiger partial charge in [0.05, 0.1) is 0 Å². The number of hydrogen-bond donors (Lipinski definition) is 1. The zero-order valence-corrected chi connectivity index (χ0v) is 8.32. The van der Waals surface area contributed by atoms with Crippen molar-refractivity contribution in [2.24, 2.45) is 0 Å². The molecule has 0 unspecified atom stereocenters. The summed E-state index contributed by atoms with van der Waals surface area (Å²) in [6.45, 7) is 3.97. The number of hydrogen-bond acceptors (Lipinski definition) is 3. The smallest absolute Gasteiger partial charge is 0.157 e. The van der Waals surface area contributed by atoms with E-state index < -0.39 is 0 Å². The van der Waals surface area contributed by atoms with E-state index in [1.165, 1.54) is 6.33 Å². The molecule has 1 aromatic heterocycles. The van der Waals surface area contributed by atoms with Crippen molar-refractivity contribution in [1.82, 2.24) is 9.97 Å². The van der Waals surface area contributed by atoms with E-state index in [4.69, 9.17) is 23.2 Å². The first-order chi connectivity index (χ1) is 5.61. The molecule has 1 rings (SSSR count). The van der Waals surface area contributed by atoms with Crippen LogP contribution in [0.25, 0.3) is 0 Å². The molecule has 0 saturated carbocycles. The molecule has 0 aliphatic carbocycles. The molecule has 0 bridgehead atoms. The second kappa shape index (κ2) is 3.92. The van der Waals surface area contributed by atoms with Crippen LogP contribution < -0.4 is 5.32 Å². The molecule has 0 aliphatic rings. The molecule has 12 heavy (non-hydrogen) atoms. The van der Waals surface area contributed by atoms with Gasteiger partial charge in [-0.25, -0.2) is 9.97 Å². The van der Waals surface area contributed by atoms with Gasteiger partial charge in [0.15, 0.2) is 10.3 Å². The third-order valence-corrected chi connectivity index (χ3v) is 1.76. The van der Waals surface area contributed by atoms with E-state index >= 15 is 0 Å². The molecule has 1 heterocycles. The molecule has 0 fully saturated rings. The van der Waals surface area contributed by atoms with Crippen molar-refractivity contribution in [3.63, 3.8) is 0 Å². The van der Waals surface area contributed by atoms with E-state index in [9.17, 15) is 0 Å². The minimum atomic E-state index is 0.256. The Hall–Kier alpha value is -0.540. The Bertz CT molecular complexity index is 255. The standard InChI is InChI=1S/C7H9Cl2N3/c1-4(2)12-5-6(8)10-3-11-7(5)9/h3-4,12H,1-2H3. The zero-order valence-electron chi connectivity index (χ0n) is 6.81. The van der Waals surface area contributed by atoms with E-state index in [0.29, 0.717) is 16.0 Å². The Morgan fingerprint density at radius 1 is 1.25 bits per heavy atom. The minimum absolute atomic E-state index is 0.256. The Balaban J connectivity index is 2.96. The van der Waals surface area contributed by atoms with E-state index in [1.54, 1.807) is 0 Å². The second-order valence-corrected chi connectivity index (χ2v) is 3.35. The summed E-state index contributed by atoms with van der Waals surface area (Å²) in [4.78, 5) is 7.60. The lowest BCUT2D eigenvalue weighted by atomic mass is 10.4. The van der Waals surface area contributed by atoms with Gasteiger partial charge in [-0.2, -0.15) is 0 Å². The van der Waals surface area contributed by atoms with Gasteiger partial charge >= 0.3 is 0 Å². The van der Waals surface area contributed by atoms with Crippen molar-refractivity contribution in [3.05, 3.63) is 16.6 Å². The van der Waals surface area contributed by atoms with Crippen LogP contribution in [0.3, 0.4) is 0 Å². The number of aromatic nitrogens is 2. The molecular formula is C7H9Cl2N3. The van der Waals surface area contributed by atoms with Crippen LogP contribution in [-0.4, -0.2) is 16.0 Å². The lowest BCUT2D eigenvalue weighted by Gasteiger charge is -2.11. The third-order valence-electron chi connectivity index (χ3n) is 1.19. The first-order valence-corrected chi connectivity index (χ1v) is 4.29. The number of rotatable bonds is 2. The Kier molecular flexibility index (Phi) is 3.12. The Labute approximate surface area is 81.1 Å². The predicted octanol–water partition coefficient (Wildman–Crippen LogP) is 2.60. The molecule has 5 heteroatoms. The highest BCUT2D eigenvalue weighted by Crippen LogP contribution is 2.25. The summed E-state index contributed by atoms with van der Waals surface area (Å²) >= 11 is 11.6. The van der Waals surface area contributed by atoms with E-state index in [0.717, 1.165) is 0 Å². The quantitative estimate of drug-likeness (QED) is 0.755. The summed E-state index contributed by atoms with van der Waals surface area (Å²) in [5.74, 6) is 0. The number of nitrogens with zero attached hydrogens (tertiary/aromatic N) is 2. The van der Waals surface area contributed by atoms with E-state index in [1.807, 2.05) is 13.8 Å². The summed E-state index contributed by atoms with van der Waals surface area (Å²) in [6.07, 6.45) is 1.33. The fourth-order valence-corrected chi connectivity index (χ4v) is 1.18. The SMILES string of the molecule is CC(C)Nc1c(Cl)ncnc1Cl. The highest BCUT2D eigenvalue weighted by Gasteiger charge is 2.07. The molecule has 0 radical (unpaired) electrons. The van der Waals surface area contributed by atoms with Crippen LogP contribution in [0.4, 0.5) is 5.69 Å². The van der Waals surface area contributed by atoms with Gasteiger partial charge in [0, 0.05) is 6.04 Å². The van der Waals surface area contributed by atoms with Crippen molar-refractivity contribution in [2.45, 2.75) is 19.9 Å². The maximum Gasteiger partial charge on any atom is 0.157 e. The van der Waals surface area contributed by atoms with Crippen LogP contribution in [0.2, 0.25) is 10.3 Å². The summed E-state index contributed by atoms with van der Waals surface area (Å²) < 4.78 is 0. The Morgan fingerprint density at radius 2 is 1.75 bits per heavy atom. The van der Waals surface area contributed by atoms with Crippen molar-refractivity contribution >= 4 is 28.9 Å². The van der Waals surface area contributed by atoms with Gasteiger partial charge in [0.25, 0.3) is 0 Å². The van der Waals surface area contributed by atoms with Gasteiger partial charge in [0.2, 0.25) is 0 Å². The molecule has 0 atom stereocenters. The molecule has 1 aromatic rings. The molecule has 3 nitrogen and oxygen atoms in total. The van der Waals surface area contributed by atoms with Gasteiger partial charge in [-0.15, -0.1) is 0 Å². The minimum Gasteiger partial charge on any atom is -0.378 e. The van der Waals surface area contributed by atoms with Gasteiger partial charge in [-0.3, -0.25) is 0 Å². The maximum atomic E-state index is 5.78. The molecule has 0 aliphatic heterocycles. The molecule has 0 aromatic carbocycles. The fraction of sp³-hybridized carbons (Fsp3) is 0.429. The van der Waals surface area contributed by atoms with Crippen LogP contribution in [0.1, 0.15) is 13.8 Å². The van der Waals surface area contributed by atoms with Crippen molar-refractivity contribution in [2.75, 3.05) is 5.32 Å². The number of nitrogens with one attached hydrogen (secondary N) is 1. The van der Waals surface area contributed by atoms with E-state index in [-0.39, 0.29) is 6.04 Å². The molecule has 0 amide bonds. The van der Waals surface area contributed by atoms with Gasteiger partial charge in [0.1, 0.15) is 12.0 Å². The van der Waals surface area contributed by atoms with E-state index in [2.05, 4.69) is 15.3 Å². The van der Waals surface area contributed by atoms with Crippen LogP contribution in [0.15, 0.2) is 6.33 Å². The summed E-state index contributed by atoms with van der Waals surface area (Å²) in [5.41, 5.74) is 0.593. The van der Waals surface area contributed by atoms with Crippen molar-refractivity contribution in [1.29, 1.82) is 0 Å². The van der Waals surface area contributed by atoms with Crippen LogP contribution in [-0.2, 0) is 0 Å². The average Bonchev–Trinajstić information content (AvgIpc) is 1.97. The summed E-state index contributed by atoms with van der Waals surface area (Å²) in [5, 5.41) is 3.75. The largest absolute Gasteiger partial charge is 0.378 e. The van der Waals surface area contributed by atoms with Crippen molar-refractivity contribution in [3.8, 4) is 0 Å². The highest BCUT2D eigenvalue weighted by molar-refractivity contribution is 6.37. The first kappa shape index (κ1) is 9.55. The predicted molar refractivity (Wildman–Crippen MR) is 50.8 cm³/mol. The van der Waals surface area contributed by atoms with Crippen LogP contribution in [0, 0.1) is 0 Å². The van der Waals surface area contributed by atoms with Gasteiger partial charge < -0.3 is 5.32 Å². The van der Waals surface area contributed by atoms with Crippen LogP contribution >= 0.6 is 23.2 Å². The monoisotopic (exact) mass is 205 g/mol. The summed E-state index contributed by atoms with van der Waals surface area (Å²) in [7, 11) is 0. The van der Waals surface area contributed by atoms with Crippen molar-refractivity contribution < 1.29 is 0 Å². The first-order valence-electron chi connectivity index (χ1n) is 3.53. The molecular weight excluding hydrogens is 197 g/mol. The molecule has 0 saturated heterocycles. The maximum absolute atomic E-state index is 5.78. The third kappa shape index (κ3) is 2.22. The molecule has 66 valence electrons. The summed E-state index contributed by atoms with van der Waals surface area (Å²) in [6, 6.07) is 0.256. The lowest BCUT2D eigenvalue weighted by Crippen LogP contribution is -2.11. The normalized spacial score (nSPS) is 10.4. The average molecular weight is 206 g/mol. The topological polar surface area (TPSA) is 37.8 Å². The van der Waals surface area contributed by atoms with Crippen LogP contribution in [0.5, 0.6) is 0 Å². The number of halogens is 2. The second-order valence-electron chi connectivity index (χ2n) is 2.63. The molecule has 0 spiro atoms.